The molecule has 0 spiro atoms. The fourth-order valence-corrected chi connectivity index (χ4v) is 5.11. The monoisotopic (exact) mass is 480 g/mol. The normalized spacial score (nSPS) is 17.5. The molecule has 8 heteroatoms. The number of rotatable bonds is 6. The zero-order valence-electron chi connectivity index (χ0n) is 18.6. The molecule has 2 aromatic carbocycles. The molecule has 0 aliphatic carbocycles. The number of hydrogen-bond donors (Lipinski definition) is 2. The van der Waals surface area contributed by atoms with Crippen molar-refractivity contribution in [1.82, 2.24) is 10.2 Å². The number of carbonyl (C=O) groups is 2. The predicted molar refractivity (Wildman–Crippen MR) is 135 cm³/mol. The number of thioether (sulfide) groups is 1. The Hall–Kier alpha value is -3.03. The maximum atomic E-state index is 13.5. The van der Waals surface area contributed by atoms with Gasteiger partial charge in [0.1, 0.15) is 0 Å². The Morgan fingerprint density at radius 2 is 1.82 bits per heavy atom. The van der Waals surface area contributed by atoms with Crippen molar-refractivity contribution in [2.75, 3.05) is 5.32 Å². The minimum absolute atomic E-state index is 0.0374. The van der Waals surface area contributed by atoms with E-state index in [1.807, 2.05) is 85.7 Å². The first kappa shape index (κ1) is 23.1. The van der Waals surface area contributed by atoms with E-state index in [1.165, 1.54) is 11.8 Å². The lowest BCUT2D eigenvalue weighted by molar-refractivity contribution is -0.121. The van der Waals surface area contributed by atoms with Gasteiger partial charge in [-0.2, -0.15) is 0 Å². The molecule has 0 radical (unpaired) electrons. The van der Waals surface area contributed by atoms with E-state index in [0.29, 0.717) is 22.0 Å². The number of nitrogens with zero attached hydrogens (tertiary/aromatic N) is 2. The molecule has 6 nitrogen and oxygen atoms in total. The maximum absolute atomic E-state index is 13.5. The Balaban J connectivity index is 1.75. The Morgan fingerprint density at radius 3 is 2.52 bits per heavy atom. The number of hydrogen-bond acceptors (Lipinski definition) is 5. The SMILES string of the molecule is CC1=C(C(=O)Nc2ccccc2)[C@@H](c2ccccc2Cl)N2C(CC(=O)NC(C)C)=CSC2=N1. The average molecular weight is 481 g/mol. The average Bonchev–Trinajstić information content (AvgIpc) is 3.15. The highest BCUT2D eigenvalue weighted by Gasteiger charge is 2.41. The summed E-state index contributed by atoms with van der Waals surface area (Å²) in [4.78, 5) is 32.8. The van der Waals surface area contributed by atoms with Gasteiger partial charge in [0.2, 0.25) is 5.91 Å². The summed E-state index contributed by atoms with van der Waals surface area (Å²) < 4.78 is 0. The molecule has 2 aliphatic rings. The number of amidine groups is 1. The minimum atomic E-state index is -0.511. The van der Waals surface area contributed by atoms with Gasteiger partial charge in [-0.15, -0.1) is 0 Å². The van der Waals surface area contributed by atoms with Crippen molar-refractivity contribution in [3.63, 3.8) is 0 Å². The minimum Gasteiger partial charge on any atom is -0.354 e. The van der Waals surface area contributed by atoms with Crippen LogP contribution in [-0.2, 0) is 9.59 Å². The van der Waals surface area contributed by atoms with Gasteiger partial charge in [-0.3, -0.25) is 9.59 Å². The molecular formula is C25H25ClN4O2S. The first-order valence-electron chi connectivity index (χ1n) is 10.7. The Kier molecular flexibility index (Phi) is 6.91. The molecule has 0 saturated heterocycles. The van der Waals surface area contributed by atoms with Crippen molar-refractivity contribution < 1.29 is 9.59 Å². The van der Waals surface area contributed by atoms with Gasteiger partial charge >= 0.3 is 0 Å². The highest BCUT2D eigenvalue weighted by atomic mass is 35.5. The lowest BCUT2D eigenvalue weighted by atomic mass is 9.93. The number of nitrogens with one attached hydrogen (secondary N) is 2. The van der Waals surface area contributed by atoms with E-state index in [0.717, 1.165) is 16.4 Å². The van der Waals surface area contributed by atoms with Crippen LogP contribution in [0.4, 0.5) is 5.69 Å². The molecule has 33 heavy (non-hydrogen) atoms. The third-order valence-corrected chi connectivity index (χ3v) is 6.50. The molecule has 2 aliphatic heterocycles. The smallest absolute Gasteiger partial charge is 0.255 e. The van der Waals surface area contributed by atoms with Gasteiger partial charge in [0, 0.05) is 22.4 Å². The molecule has 0 fully saturated rings. The summed E-state index contributed by atoms with van der Waals surface area (Å²) in [6, 6.07) is 16.3. The van der Waals surface area contributed by atoms with Gasteiger partial charge in [0.15, 0.2) is 5.17 Å². The largest absolute Gasteiger partial charge is 0.354 e. The zero-order valence-corrected chi connectivity index (χ0v) is 20.2. The summed E-state index contributed by atoms with van der Waals surface area (Å²) >= 11 is 8.07. The number of benzene rings is 2. The van der Waals surface area contributed by atoms with Crippen LogP contribution < -0.4 is 10.6 Å². The van der Waals surface area contributed by atoms with E-state index in [4.69, 9.17) is 16.6 Å². The fourth-order valence-electron chi connectivity index (χ4n) is 3.91. The number of aliphatic imine (C=N–C) groups is 1. The van der Waals surface area contributed by atoms with E-state index in [2.05, 4.69) is 10.6 Å². The molecule has 0 saturated carbocycles. The third-order valence-electron chi connectivity index (χ3n) is 5.27. The highest BCUT2D eigenvalue weighted by molar-refractivity contribution is 8.16. The van der Waals surface area contributed by atoms with Gasteiger partial charge < -0.3 is 15.5 Å². The van der Waals surface area contributed by atoms with Crippen LogP contribution in [0.2, 0.25) is 5.02 Å². The number of anilines is 1. The predicted octanol–water partition coefficient (Wildman–Crippen LogP) is 5.47. The van der Waals surface area contributed by atoms with Crippen molar-refractivity contribution >= 4 is 46.0 Å². The highest BCUT2D eigenvalue weighted by Crippen LogP contribution is 2.46. The molecule has 0 unspecified atom stereocenters. The summed E-state index contributed by atoms with van der Waals surface area (Å²) in [7, 11) is 0. The summed E-state index contributed by atoms with van der Waals surface area (Å²) in [6.45, 7) is 5.68. The molecule has 4 rings (SSSR count). The van der Waals surface area contributed by atoms with Crippen LogP contribution in [0, 0.1) is 0 Å². The third kappa shape index (κ3) is 4.99. The molecule has 0 aromatic heterocycles. The Labute approximate surface area is 202 Å². The first-order valence-corrected chi connectivity index (χ1v) is 12.0. The number of carbonyl (C=O) groups excluding carboxylic acids is 2. The van der Waals surface area contributed by atoms with Crippen LogP contribution >= 0.6 is 23.4 Å². The second kappa shape index (κ2) is 9.85. The van der Waals surface area contributed by atoms with Crippen LogP contribution in [0.3, 0.4) is 0 Å². The Bertz CT molecular complexity index is 1170. The van der Waals surface area contributed by atoms with E-state index in [9.17, 15) is 9.59 Å². The number of allylic oxidation sites excluding steroid dienone is 1. The quantitative estimate of drug-likeness (QED) is 0.575. The zero-order chi connectivity index (χ0) is 23.5. The fraction of sp³-hybridized carbons (Fsp3) is 0.240. The lowest BCUT2D eigenvalue weighted by Gasteiger charge is -2.37. The molecular weight excluding hydrogens is 456 g/mol. The molecule has 2 aromatic rings. The van der Waals surface area contributed by atoms with Crippen molar-refractivity contribution in [1.29, 1.82) is 0 Å². The van der Waals surface area contributed by atoms with Crippen LogP contribution in [0.5, 0.6) is 0 Å². The molecule has 1 atom stereocenters. The first-order chi connectivity index (χ1) is 15.8. The van der Waals surface area contributed by atoms with Crippen molar-refractivity contribution in [2.45, 2.75) is 39.3 Å². The molecule has 2 heterocycles. The molecule has 170 valence electrons. The van der Waals surface area contributed by atoms with E-state index >= 15 is 0 Å². The molecule has 2 amide bonds. The molecule has 2 N–H and O–H groups in total. The van der Waals surface area contributed by atoms with Crippen molar-refractivity contribution in [3.05, 3.63) is 87.6 Å². The maximum Gasteiger partial charge on any atom is 0.255 e. The van der Waals surface area contributed by atoms with E-state index in [1.54, 1.807) is 0 Å². The van der Waals surface area contributed by atoms with Crippen molar-refractivity contribution in [2.24, 2.45) is 4.99 Å². The second-order valence-electron chi connectivity index (χ2n) is 8.13. The van der Waals surface area contributed by atoms with Crippen molar-refractivity contribution in [3.8, 4) is 0 Å². The van der Waals surface area contributed by atoms with Gasteiger partial charge in [-0.1, -0.05) is 59.8 Å². The number of halogens is 1. The van der Waals surface area contributed by atoms with E-state index in [-0.39, 0.29) is 24.3 Å². The topological polar surface area (TPSA) is 73.8 Å². The van der Waals surface area contributed by atoms with E-state index < -0.39 is 6.04 Å². The van der Waals surface area contributed by atoms with Crippen LogP contribution in [0.15, 0.2) is 82.0 Å². The van der Waals surface area contributed by atoms with Gasteiger partial charge in [-0.05, 0) is 49.9 Å². The van der Waals surface area contributed by atoms with Gasteiger partial charge in [0.25, 0.3) is 5.91 Å². The van der Waals surface area contributed by atoms with Crippen LogP contribution in [-0.4, -0.2) is 27.9 Å². The van der Waals surface area contributed by atoms with Crippen LogP contribution in [0.1, 0.15) is 38.8 Å². The van der Waals surface area contributed by atoms with Crippen LogP contribution in [0.25, 0.3) is 0 Å². The number of fused-ring (bicyclic) bond motifs is 1. The number of amides is 2. The summed E-state index contributed by atoms with van der Waals surface area (Å²) in [6.07, 6.45) is 0.178. The number of para-hydroxylation sites is 1. The van der Waals surface area contributed by atoms with Gasteiger partial charge in [-0.25, -0.2) is 4.99 Å². The summed E-state index contributed by atoms with van der Waals surface area (Å²) in [5.41, 5.74) is 3.36. The standard InChI is InChI=1S/C25H25ClN4O2S/c1-15(2)27-21(31)13-18-14-33-25-28-16(3)22(24(32)29-17-9-5-4-6-10-17)23(30(18)25)19-11-7-8-12-20(19)26/h4-12,14-15,23H,13H2,1-3H3,(H,27,31)(H,29,32)/t23-/m1/s1. The summed E-state index contributed by atoms with van der Waals surface area (Å²) in [5, 5.41) is 9.11. The van der Waals surface area contributed by atoms with Gasteiger partial charge in [0.05, 0.1) is 23.7 Å². The lowest BCUT2D eigenvalue weighted by Crippen LogP contribution is -2.39. The summed E-state index contributed by atoms with van der Waals surface area (Å²) in [5.74, 6) is -0.341. The second-order valence-corrected chi connectivity index (χ2v) is 9.38. The molecule has 0 bridgehead atoms. The Morgan fingerprint density at radius 1 is 1.12 bits per heavy atom.